The summed E-state index contributed by atoms with van der Waals surface area (Å²) in [6, 6.07) is 10.9. The van der Waals surface area contributed by atoms with Crippen LogP contribution < -0.4 is 14.7 Å². The fraction of sp³-hybridized carbons (Fsp3) is 0.474. The van der Waals surface area contributed by atoms with Gasteiger partial charge in [-0.15, -0.1) is 0 Å². The molecule has 0 bridgehead atoms. The maximum absolute atomic E-state index is 4.52. The van der Waals surface area contributed by atoms with Crippen molar-refractivity contribution in [3.63, 3.8) is 0 Å². The number of rotatable bonds is 3. The van der Waals surface area contributed by atoms with Crippen LogP contribution in [0.5, 0.6) is 0 Å². The Labute approximate surface area is 143 Å². The normalized spacial score (nSPS) is 18.3. The van der Waals surface area contributed by atoms with Gasteiger partial charge >= 0.3 is 0 Å². The molecule has 3 heterocycles. The molecule has 2 saturated heterocycles. The Morgan fingerprint density at radius 1 is 0.750 bits per heavy atom. The van der Waals surface area contributed by atoms with Crippen molar-refractivity contribution < 1.29 is 0 Å². The quantitative estimate of drug-likeness (QED) is 0.868. The standard InChI is InChI=1S/C19H25N5/c1-16-5-4-6-17(13-16)22-9-11-24(12-10-22)19-14-18(20-15-21-19)23-7-2-3-8-23/h4-6,13-15H,2-3,7-12H2,1H3. The van der Waals surface area contributed by atoms with Gasteiger partial charge in [0.1, 0.15) is 18.0 Å². The summed E-state index contributed by atoms with van der Waals surface area (Å²) in [5.74, 6) is 2.15. The van der Waals surface area contributed by atoms with Crippen molar-refractivity contribution >= 4 is 17.3 Å². The molecule has 5 heteroatoms. The molecule has 0 saturated carbocycles. The number of aromatic nitrogens is 2. The zero-order chi connectivity index (χ0) is 16.4. The van der Waals surface area contributed by atoms with Crippen molar-refractivity contribution in [2.24, 2.45) is 0 Å². The van der Waals surface area contributed by atoms with Crippen LogP contribution in [0.4, 0.5) is 17.3 Å². The smallest absolute Gasteiger partial charge is 0.134 e. The van der Waals surface area contributed by atoms with Crippen LogP contribution in [-0.2, 0) is 0 Å². The maximum Gasteiger partial charge on any atom is 0.134 e. The summed E-state index contributed by atoms with van der Waals surface area (Å²) in [6.07, 6.45) is 4.26. The largest absolute Gasteiger partial charge is 0.368 e. The topological polar surface area (TPSA) is 35.5 Å². The van der Waals surface area contributed by atoms with Gasteiger partial charge in [0, 0.05) is 51.0 Å². The molecule has 24 heavy (non-hydrogen) atoms. The van der Waals surface area contributed by atoms with Gasteiger partial charge in [-0.25, -0.2) is 9.97 Å². The second kappa shape index (κ2) is 6.67. The number of piperazine rings is 1. The van der Waals surface area contributed by atoms with Crippen LogP contribution in [0.2, 0.25) is 0 Å². The molecular formula is C19H25N5. The number of aryl methyl sites for hydroxylation is 1. The lowest BCUT2D eigenvalue weighted by molar-refractivity contribution is 0.646. The number of anilines is 3. The van der Waals surface area contributed by atoms with Crippen molar-refractivity contribution in [3.8, 4) is 0 Å². The van der Waals surface area contributed by atoms with E-state index in [1.54, 1.807) is 6.33 Å². The monoisotopic (exact) mass is 323 g/mol. The van der Waals surface area contributed by atoms with Crippen molar-refractivity contribution in [2.75, 3.05) is 54.0 Å². The molecule has 5 nitrogen and oxygen atoms in total. The molecule has 0 unspecified atom stereocenters. The van der Waals surface area contributed by atoms with Gasteiger partial charge in [0.15, 0.2) is 0 Å². The van der Waals surface area contributed by atoms with E-state index >= 15 is 0 Å². The number of hydrogen-bond acceptors (Lipinski definition) is 5. The molecule has 0 spiro atoms. The van der Waals surface area contributed by atoms with Crippen LogP contribution in [0.1, 0.15) is 18.4 Å². The molecule has 2 fully saturated rings. The van der Waals surface area contributed by atoms with Gasteiger partial charge in [0.05, 0.1) is 0 Å². The Kier molecular flexibility index (Phi) is 4.24. The molecule has 0 aliphatic carbocycles. The number of nitrogens with zero attached hydrogens (tertiary/aromatic N) is 5. The molecule has 2 aliphatic rings. The summed E-state index contributed by atoms with van der Waals surface area (Å²) in [5.41, 5.74) is 2.65. The fourth-order valence-corrected chi connectivity index (χ4v) is 3.65. The SMILES string of the molecule is Cc1cccc(N2CCN(c3cc(N4CCCC4)ncn3)CC2)c1. The van der Waals surface area contributed by atoms with Crippen LogP contribution in [0.15, 0.2) is 36.7 Å². The fourth-order valence-electron chi connectivity index (χ4n) is 3.65. The van der Waals surface area contributed by atoms with Crippen molar-refractivity contribution in [1.82, 2.24) is 9.97 Å². The third kappa shape index (κ3) is 3.16. The van der Waals surface area contributed by atoms with Gasteiger partial charge in [-0.2, -0.15) is 0 Å². The van der Waals surface area contributed by atoms with Crippen LogP contribution >= 0.6 is 0 Å². The predicted octanol–water partition coefficient (Wildman–Crippen LogP) is 2.71. The first-order chi connectivity index (χ1) is 11.8. The van der Waals surface area contributed by atoms with E-state index in [-0.39, 0.29) is 0 Å². The summed E-state index contributed by atoms with van der Waals surface area (Å²) < 4.78 is 0. The Hall–Kier alpha value is -2.30. The van der Waals surface area contributed by atoms with E-state index in [1.165, 1.54) is 24.1 Å². The average Bonchev–Trinajstić information content (AvgIpc) is 3.17. The third-order valence-electron chi connectivity index (χ3n) is 5.04. The second-order valence-corrected chi connectivity index (χ2v) is 6.74. The van der Waals surface area contributed by atoms with E-state index in [2.05, 4.69) is 61.9 Å². The van der Waals surface area contributed by atoms with Crippen LogP contribution in [-0.4, -0.2) is 49.2 Å². The van der Waals surface area contributed by atoms with Crippen LogP contribution in [0.25, 0.3) is 0 Å². The lowest BCUT2D eigenvalue weighted by Gasteiger charge is -2.37. The molecule has 0 amide bonds. The average molecular weight is 323 g/mol. The van der Waals surface area contributed by atoms with E-state index in [0.29, 0.717) is 0 Å². The van der Waals surface area contributed by atoms with Crippen molar-refractivity contribution in [3.05, 3.63) is 42.2 Å². The molecule has 2 aromatic rings. The zero-order valence-electron chi connectivity index (χ0n) is 14.4. The van der Waals surface area contributed by atoms with Crippen molar-refractivity contribution in [1.29, 1.82) is 0 Å². The van der Waals surface area contributed by atoms with Gasteiger partial charge in [-0.3, -0.25) is 0 Å². The molecule has 126 valence electrons. The molecular weight excluding hydrogens is 298 g/mol. The number of hydrogen-bond donors (Lipinski definition) is 0. The summed E-state index contributed by atoms with van der Waals surface area (Å²) in [4.78, 5) is 16.2. The van der Waals surface area contributed by atoms with Crippen LogP contribution in [0.3, 0.4) is 0 Å². The zero-order valence-corrected chi connectivity index (χ0v) is 14.4. The lowest BCUT2D eigenvalue weighted by Crippen LogP contribution is -2.46. The molecule has 0 radical (unpaired) electrons. The van der Waals surface area contributed by atoms with Crippen LogP contribution in [0, 0.1) is 6.92 Å². The summed E-state index contributed by atoms with van der Waals surface area (Å²) >= 11 is 0. The van der Waals surface area contributed by atoms with E-state index in [4.69, 9.17) is 0 Å². The highest BCUT2D eigenvalue weighted by Gasteiger charge is 2.20. The molecule has 1 aromatic carbocycles. The lowest BCUT2D eigenvalue weighted by atomic mass is 10.2. The molecule has 2 aliphatic heterocycles. The Morgan fingerprint density at radius 3 is 2.04 bits per heavy atom. The second-order valence-electron chi connectivity index (χ2n) is 6.74. The molecule has 0 atom stereocenters. The highest BCUT2D eigenvalue weighted by molar-refractivity contribution is 5.53. The summed E-state index contributed by atoms with van der Waals surface area (Å²) in [5, 5.41) is 0. The van der Waals surface area contributed by atoms with E-state index in [0.717, 1.165) is 50.9 Å². The van der Waals surface area contributed by atoms with Gasteiger partial charge < -0.3 is 14.7 Å². The Bertz CT molecular complexity index is 688. The first-order valence-corrected chi connectivity index (χ1v) is 8.93. The van der Waals surface area contributed by atoms with Gasteiger partial charge in [-0.05, 0) is 37.5 Å². The molecule has 0 N–H and O–H groups in total. The van der Waals surface area contributed by atoms with Crippen molar-refractivity contribution in [2.45, 2.75) is 19.8 Å². The minimum Gasteiger partial charge on any atom is -0.368 e. The van der Waals surface area contributed by atoms with E-state index in [9.17, 15) is 0 Å². The number of benzene rings is 1. The summed E-state index contributed by atoms with van der Waals surface area (Å²) in [6.45, 7) is 8.48. The Morgan fingerprint density at radius 2 is 1.38 bits per heavy atom. The Balaban J connectivity index is 1.43. The highest BCUT2D eigenvalue weighted by Crippen LogP contribution is 2.23. The van der Waals surface area contributed by atoms with Gasteiger partial charge in [0.25, 0.3) is 0 Å². The van der Waals surface area contributed by atoms with Gasteiger partial charge in [-0.1, -0.05) is 12.1 Å². The molecule has 4 rings (SSSR count). The minimum absolute atomic E-state index is 1.00. The first-order valence-electron chi connectivity index (χ1n) is 8.93. The predicted molar refractivity (Wildman–Crippen MR) is 99.1 cm³/mol. The summed E-state index contributed by atoms with van der Waals surface area (Å²) in [7, 11) is 0. The highest BCUT2D eigenvalue weighted by atomic mass is 15.3. The maximum atomic E-state index is 4.52. The van der Waals surface area contributed by atoms with Gasteiger partial charge in [0.2, 0.25) is 0 Å². The first kappa shape index (κ1) is 15.2. The van der Waals surface area contributed by atoms with E-state index < -0.39 is 0 Å². The molecule has 1 aromatic heterocycles. The minimum atomic E-state index is 1.00. The van der Waals surface area contributed by atoms with E-state index in [1.807, 2.05) is 0 Å². The third-order valence-corrected chi connectivity index (χ3v) is 5.04.